The molecule has 1 amide bonds. The van der Waals surface area contributed by atoms with E-state index in [1.807, 2.05) is 6.07 Å². The number of likely N-dealkylation sites (N-methyl/N-ethyl adjacent to an activating group) is 1. The molecular formula is C31H35F2N7O3. The Morgan fingerprint density at radius 2 is 1.98 bits per heavy atom. The molecule has 0 spiro atoms. The number of aromatic nitrogens is 4. The van der Waals surface area contributed by atoms with Gasteiger partial charge in [0.15, 0.2) is 0 Å². The van der Waals surface area contributed by atoms with E-state index in [1.54, 1.807) is 54.1 Å². The van der Waals surface area contributed by atoms with Crippen molar-refractivity contribution in [3.05, 3.63) is 71.9 Å². The summed E-state index contributed by atoms with van der Waals surface area (Å²) in [5, 5.41) is 4.59. The van der Waals surface area contributed by atoms with Gasteiger partial charge in [0.25, 0.3) is 0 Å². The predicted octanol–water partition coefficient (Wildman–Crippen LogP) is 3.46. The monoisotopic (exact) mass is 591 g/mol. The van der Waals surface area contributed by atoms with Crippen LogP contribution in [0.2, 0.25) is 0 Å². The van der Waals surface area contributed by atoms with Gasteiger partial charge in [0.05, 0.1) is 42.2 Å². The van der Waals surface area contributed by atoms with Crippen LogP contribution < -0.4 is 15.4 Å². The van der Waals surface area contributed by atoms with Crippen molar-refractivity contribution in [2.75, 3.05) is 38.3 Å². The fourth-order valence-electron chi connectivity index (χ4n) is 6.27. The zero-order valence-electron chi connectivity index (χ0n) is 24.4. The van der Waals surface area contributed by atoms with E-state index >= 15 is 8.78 Å². The maximum atomic E-state index is 15.2. The van der Waals surface area contributed by atoms with Crippen LogP contribution in [0.1, 0.15) is 31.7 Å². The normalized spacial score (nSPS) is 22.2. The second-order valence-corrected chi connectivity index (χ2v) is 11.4. The van der Waals surface area contributed by atoms with Gasteiger partial charge in [0.1, 0.15) is 29.3 Å². The summed E-state index contributed by atoms with van der Waals surface area (Å²) in [5.41, 5.74) is 9.06. The number of halogens is 2. The van der Waals surface area contributed by atoms with Gasteiger partial charge in [-0.3, -0.25) is 9.78 Å². The summed E-state index contributed by atoms with van der Waals surface area (Å²) in [6.45, 7) is 5.90. The number of pyridine rings is 1. The number of nitrogens with zero attached hydrogens (tertiary/aromatic N) is 6. The molecule has 2 aliphatic heterocycles. The number of amides is 1. The summed E-state index contributed by atoms with van der Waals surface area (Å²) in [5.74, 6) is -0.678. The first kappa shape index (κ1) is 28.9. The van der Waals surface area contributed by atoms with Gasteiger partial charge in [-0.25, -0.2) is 18.3 Å². The van der Waals surface area contributed by atoms with Crippen LogP contribution in [0.15, 0.2) is 48.9 Å². The molecule has 1 unspecified atom stereocenters. The fraction of sp³-hybridized carbons (Fsp3) is 0.419. The fourth-order valence-corrected chi connectivity index (χ4v) is 6.27. The minimum Gasteiger partial charge on any atom is -0.488 e. The first-order chi connectivity index (χ1) is 20.7. The lowest BCUT2D eigenvalue weighted by Crippen LogP contribution is -2.62. The van der Waals surface area contributed by atoms with Crippen LogP contribution in [0.5, 0.6) is 5.75 Å². The van der Waals surface area contributed by atoms with Crippen molar-refractivity contribution in [2.24, 2.45) is 11.7 Å². The highest BCUT2D eigenvalue weighted by atomic mass is 19.1. The first-order valence-electron chi connectivity index (χ1n) is 14.4. The van der Waals surface area contributed by atoms with E-state index in [0.29, 0.717) is 50.5 Å². The summed E-state index contributed by atoms with van der Waals surface area (Å²) in [4.78, 5) is 24.9. The highest BCUT2D eigenvalue weighted by Crippen LogP contribution is 2.32. The lowest BCUT2D eigenvalue weighted by atomic mass is 9.88. The number of benzene rings is 1. The summed E-state index contributed by atoms with van der Waals surface area (Å²) < 4.78 is 43.0. The van der Waals surface area contributed by atoms with Crippen molar-refractivity contribution in [2.45, 2.75) is 44.9 Å². The first-order valence-corrected chi connectivity index (χ1v) is 14.4. The number of ether oxygens (including phenoxy) is 2. The van der Waals surface area contributed by atoms with Gasteiger partial charge in [-0.15, -0.1) is 0 Å². The SMILES string of the molecule is CC(=O)N(C)[C@@H]1[C@H](N)CN(c2ccncc2Cc2ncc3ccc(-c4c(F)cc(OC5CCOC5)cc4F)nn23)C[C@@H]1C. The van der Waals surface area contributed by atoms with Crippen molar-refractivity contribution in [3.63, 3.8) is 0 Å². The van der Waals surface area contributed by atoms with E-state index in [4.69, 9.17) is 15.2 Å². The number of anilines is 1. The Bertz CT molecular complexity index is 1610. The Hall–Kier alpha value is -4.16. The van der Waals surface area contributed by atoms with E-state index in [-0.39, 0.29) is 47.0 Å². The standard InChI is InChI=1S/C31H35F2N7O3/c1-18-15-39(16-26(34)31(18)38(3)19(2)41)28-6-8-35-13-20(28)10-29-36-14-21-4-5-27(37-40(21)29)30-24(32)11-23(12-25(30)33)43-22-7-9-42-17-22/h4-6,8,11-14,18,22,26,31H,7,9-10,15-17,34H2,1-3H3/t18-,22?,26+,31-/m0/s1. The molecule has 226 valence electrons. The lowest BCUT2D eigenvalue weighted by Gasteiger charge is -2.46. The third-order valence-electron chi connectivity index (χ3n) is 8.39. The molecule has 6 rings (SSSR count). The van der Waals surface area contributed by atoms with Gasteiger partial charge < -0.3 is 25.0 Å². The Kier molecular flexibility index (Phi) is 7.97. The van der Waals surface area contributed by atoms with Crippen LogP contribution in [0.4, 0.5) is 14.5 Å². The number of nitrogens with two attached hydrogens (primary N) is 1. The largest absolute Gasteiger partial charge is 0.488 e. The van der Waals surface area contributed by atoms with Gasteiger partial charge in [0.2, 0.25) is 5.91 Å². The Morgan fingerprint density at radius 1 is 1.19 bits per heavy atom. The Morgan fingerprint density at radius 3 is 2.67 bits per heavy atom. The number of rotatable bonds is 7. The van der Waals surface area contributed by atoms with Gasteiger partial charge in [0, 0.05) is 81.7 Å². The number of piperidine rings is 1. The van der Waals surface area contributed by atoms with Gasteiger partial charge in [-0.1, -0.05) is 6.92 Å². The average Bonchev–Trinajstić information content (AvgIpc) is 3.62. The maximum Gasteiger partial charge on any atom is 0.219 e. The Balaban J connectivity index is 1.27. The molecule has 5 heterocycles. The van der Waals surface area contributed by atoms with E-state index in [9.17, 15) is 4.79 Å². The number of imidazole rings is 1. The molecule has 10 nitrogen and oxygen atoms in total. The van der Waals surface area contributed by atoms with Crippen molar-refractivity contribution in [3.8, 4) is 17.0 Å². The van der Waals surface area contributed by atoms with Gasteiger partial charge in [-0.2, -0.15) is 5.10 Å². The second kappa shape index (κ2) is 11.8. The minimum absolute atomic E-state index is 0.00776. The molecule has 0 bridgehead atoms. The third-order valence-corrected chi connectivity index (χ3v) is 8.39. The molecule has 0 radical (unpaired) electrons. The highest BCUT2D eigenvalue weighted by Gasteiger charge is 2.36. The molecule has 43 heavy (non-hydrogen) atoms. The maximum absolute atomic E-state index is 15.2. The highest BCUT2D eigenvalue weighted by molar-refractivity contribution is 5.73. The van der Waals surface area contributed by atoms with Crippen LogP contribution in [-0.4, -0.2) is 81.9 Å². The third kappa shape index (κ3) is 5.76. The molecule has 2 aliphatic rings. The number of carbonyl (C=O) groups is 1. The molecule has 4 aromatic rings. The van der Waals surface area contributed by atoms with Crippen molar-refractivity contribution >= 4 is 17.1 Å². The number of fused-ring (bicyclic) bond motifs is 1. The number of carbonyl (C=O) groups excluding carboxylic acids is 1. The summed E-state index contributed by atoms with van der Waals surface area (Å²) in [7, 11) is 1.80. The van der Waals surface area contributed by atoms with Gasteiger partial charge >= 0.3 is 0 Å². The molecule has 3 aromatic heterocycles. The molecule has 0 saturated carbocycles. The van der Waals surface area contributed by atoms with E-state index in [0.717, 1.165) is 11.3 Å². The molecule has 12 heteroatoms. The molecule has 2 fully saturated rings. The number of hydrogen-bond acceptors (Lipinski definition) is 8. The smallest absolute Gasteiger partial charge is 0.219 e. The van der Waals surface area contributed by atoms with E-state index < -0.39 is 11.6 Å². The lowest BCUT2D eigenvalue weighted by molar-refractivity contribution is -0.131. The average molecular weight is 592 g/mol. The van der Waals surface area contributed by atoms with Crippen molar-refractivity contribution in [1.82, 2.24) is 24.5 Å². The molecule has 0 aliphatic carbocycles. The van der Waals surface area contributed by atoms with Crippen LogP contribution in [0, 0.1) is 17.6 Å². The molecule has 2 N–H and O–H groups in total. The predicted molar refractivity (Wildman–Crippen MR) is 157 cm³/mol. The minimum atomic E-state index is -0.763. The zero-order chi connectivity index (χ0) is 30.2. The molecule has 2 saturated heterocycles. The van der Waals surface area contributed by atoms with Crippen molar-refractivity contribution in [1.29, 1.82) is 0 Å². The molecule has 4 atom stereocenters. The van der Waals surface area contributed by atoms with Crippen LogP contribution >= 0.6 is 0 Å². The second-order valence-electron chi connectivity index (χ2n) is 11.4. The van der Waals surface area contributed by atoms with E-state index in [1.165, 1.54) is 12.1 Å². The van der Waals surface area contributed by atoms with Crippen LogP contribution in [0.3, 0.4) is 0 Å². The van der Waals surface area contributed by atoms with Crippen LogP contribution in [-0.2, 0) is 16.0 Å². The zero-order valence-corrected chi connectivity index (χ0v) is 24.4. The molecule has 1 aromatic carbocycles. The van der Waals surface area contributed by atoms with E-state index in [2.05, 4.69) is 26.9 Å². The summed E-state index contributed by atoms with van der Waals surface area (Å²) in [6.07, 6.45) is 6.03. The topological polar surface area (TPSA) is 111 Å². The van der Waals surface area contributed by atoms with Crippen LogP contribution in [0.25, 0.3) is 16.8 Å². The number of hydrogen-bond donors (Lipinski definition) is 1. The summed E-state index contributed by atoms with van der Waals surface area (Å²) in [6, 6.07) is 7.34. The quantitative estimate of drug-likeness (QED) is 0.348. The summed E-state index contributed by atoms with van der Waals surface area (Å²) >= 11 is 0. The Labute approximate surface area is 248 Å². The van der Waals surface area contributed by atoms with Gasteiger partial charge in [-0.05, 0) is 24.1 Å². The molecular weight excluding hydrogens is 556 g/mol. The van der Waals surface area contributed by atoms with Crippen molar-refractivity contribution < 1.29 is 23.0 Å².